The SMILES string of the molecule is CC1(C)[C@@H]2CC[C@@]1(C)[C@H](Cl)C2. The third-order valence-corrected chi connectivity index (χ3v) is 5.35. The molecule has 64 valence electrons. The van der Waals surface area contributed by atoms with Crippen molar-refractivity contribution in [2.45, 2.75) is 45.4 Å². The minimum Gasteiger partial charge on any atom is -0.122 e. The van der Waals surface area contributed by atoms with Crippen LogP contribution in [0.25, 0.3) is 0 Å². The number of halogens is 1. The van der Waals surface area contributed by atoms with Crippen molar-refractivity contribution in [2.24, 2.45) is 16.7 Å². The average molecular weight is 173 g/mol. The zero-order valence-corrected chi connectivity index (χ0v) is 8.41. The monoisotopic (exact) mass is 172 g/mol. The van der Waals surface area contributed by atoms with Gasteiger partial charge in [-0.05, 0) is 36.0 Å². The molecule has 1 heteroatoms. The highest BCUT2D eigenvalue weighted by Gasteiger charge is 2.60. The lowest BCUT2D eigenvalue weighted by Crippen LogP contribution is -2.32. The lowest BCUT2D eigenvalue weighted by Gasteiger charge is -2.36. The summed E-state index contributed by atoms with van der Waals surface area (Å²) in [5.41, 5.74) is 0.929. The van der Waals surface area contributed by atoms with Gasteiger partial charge in [-0.1, -0.05) is 20.8 Å². The van der Waals surface area contributed by atoms with Gasteiger partial charge in [-0.15, -0.1) is 11.6 Å². The lowest BCUT2D eigenvalue weighted by atomic mass is 9.71. The van der Waals surface area contributed by atoms with Gasteiger partial charge in [0.1, 0.15) is 0 Å². The van der Waals surface area contributed by atoms with E-state index in [-0.39, 0.29) is 0 Å². The van der Waals surface area contributed by atoms with E-state index in [4.69, 9.17) is 11.6 Å². The highest BCUT2D eigenvalue weighted by atomic mass is 35.5. The maximum atomic E-state index is 6.33. The van der Waals surface area contributed by atoms with Gasteiger partial charge in [0, 0.05) is 5.38 Å². The van der Waals surface area contributed by atoms with Gasteiger partial charge in [-0.2, -0.15) is 0 Å². The summed E-state index contributed by atoms with van der Waals surface area (Å²) in [6.07, 6.45) is 4.01. The van der Waals surface area contributed by atoms with Crippen LogP contribution < -0.4 is 0 Å². The summed E-state index contributed by atoms with van der Waals surface area (Å²) in [6, 6.07) is 0. The van der Waals surface area contributed by atoms with E-state index < -0.39 is 0 Å². The lowest BCUT2D eigenvalue weighted by molar-refractivity contribution is 0.155. The molecule has 11 heavy (non-hydrogen) atoms. The van der Waals surface area contributed by atoms with Gasteiger partial charge in [0.2, 0.25) is 0 Å². The first-order valence-corrected chi connectivity index (χ1v) is 5.06. The molecule has 2 fully saturated rings. The maximum Gasteiger partial charge on any atom is 0.0397 e. The first kappa shape index (κ1) is 7.91. The van der Waals surface area contributed by atoms with Crippen molar-refractivity contribution in [3.8, 4) is 0 Å². The van der Waals surface area contributed by atoms with E-state index >= 15 is 0 Å². The summed E-state index contributed by atoms with van der Waals surface area (Å²) >= 11 is 6.33. The van der Waals surface area contributed by atoms with Crippen molar-refractivity contribution < 1.29 is 0 Å². The van der Waals surface area contributed by atoms with Gasteiger partial charge in [0.05, 0.1) is 0 Å². The molecular formula is C10H17Cl. The third-order valence-electron chi connectivity index (χ3n) is 4.69. The molecule has 0 radical (unpaired) electrons. The number of hydrogen-bond acceptors (Lipinski definition) is 0. The van der Waals surface area contributed by atoms with Gasteiger partial charge in [-0.3, -0.25) is 0 Å². The molecule has 0 amide bonds. The quantitative estimate of drug-likeness (QED) is 0.491. The average Bonchev–Trinajstić information content (AvgIpc) is 2.20. The number of fused-ring (bicyclic) bond motifs is 2. The Morgan fingerprint density at radius 3 is 2.09 bits per heavy atom. The van der Waals surface area contributed by atoms with Crippen LogP contribution in [0.5, 0.6) is 0 Å². The predicted molar refractivity (Wildman–Crippen MR) is 48.9 cm³/mol. The number of alkyl halides is 1. The Morgan fingerprint density at radius 2 is 1.91 bits per heavy atom. The van der Waals surface area contributed by atoms with Crippen LogP contribution in [0, 0.1) is 16.7 Å². The van der Waals surface area contributed by atoms with Crippen LogP contribution in [0.2, 0.25) is 0 Å². The van der Waals surface area contributed by atoms with Crippen molar-refractivity contribution in [3.63, 3.8) is 0 Å². The van der Waals surface area contributed by atoms with Crippen LogP contribution in [-0.2, 0) is 0 Å². The van der Waals surface area contributed by atoms with E-state index in [0.29, 0.717) is 16.2 Å². The molecule has 2 bridgehead atoms. The number of hydrogen-bond donors (Lipinski definition) is 0. The van der Waals surface area contributed by atoms with Crippen LogP contribution in [0.3, 0.4) is 0 Å². The van der Waals surface area contributed by atoms with Crippen LogP contribution in [-0.4, -0.2) is 5.38 Å². The van der Waals surface area contributed by atoms with Crippen molar-refractivity contribution in [2.75, 3.05) is 0 Å². The first-order chi connectivity index (χ1) is 4.98. The summed E-state index contributed by atoms with van der Waals surface area (Å²) in [6.45, 7) is 7.16. The Balaban J connectivity index is 2.40. The van der Waals surface area contributed by atoms with Crippen LogP contribution in [0.15, 0.2) is 0 Å². The van der Waals surface area contributed by atoms with Crippen LogP contribution >= 0.6 is 11.6 Å². The van der Waals surface area contributed by atoms with Crippen LogP contribution in [0.4, 0.5) is 0 Å². The molecule has 0 aromatic heterocycles. The molecule has 0 unspecified atom stereocenters. The van der Waals surface area contributed by atoms with E-state index in [1.54, 1.807) is 0 Å². The highest BCUT2D eigenvalue weighted by molar-refractivity contribution is 6.21. The molecular weight excluding hydrogens is 156 g/mol. The maximum absolute atomic E-state index is 6.33. The van der Waals surface area contributed by atoms with E-state index in [0.717, 1.165) is 5.92 Å². The minimum absolute atomic E-state index is 0.430. The fourth-order valence-electron chi connectivity index (χ4n) is 3.11. The second-order valence-electron chi connectivity index (χ2n) is 5.08. The topological polar surface area (TPSA) is 0 Å². The molecule has 0 aliphatic heterocycles. The molecule has 2 rings (SSSR count). The minimum atomic E-state index is 0.430. The summed E-state index contributed by atoms with van der Waals surface area (Å²) in [7, 11) is 0. The highest BCUT2D eigenvalue weighted by Crippen LogP contribution is 2.66. The fraction of sp³-hybridized carbons (Fsp3) is 1.00. The van der Waals surface area contributed by atoms with Crippen molar-refractivity contribution >= 4 is 11.6 Å². The van der Waals surface area contributed by atoms with E-state index in [1.165, 1.54) is 19.3 Å². The molecule has 0 heterocycles. The molecule has 0 spiro atoms. The second kappa shape index (κ2) is 1.96. The van der Waals surface area contributed by atoms with Crippen molar-refractivity contribution in [1.29, 1.82) is 0 Å². The molecule has 0 aromatic carbocycles. The molecule has 0 aromatic rings. The Hall–Kier alpha value is 0.290. The summed E-state index contributed by atoms with van der Waals surface area (Å²) in [5.74, 6) is 0.898. The molecule has 0 saturated heterocycles. The third kappa shape index (κ3) is 0.722. The van der Waals surface area contributed by atoms with Gasteiger partial charge >= 0.3 is 0 Å². The Kier molecular flexibility index (Phi) is 1.41. The molecule has 2 aliphatic carbocycles. The zero-order chi connectivity index (χ0) is 8.28. The standard InChI is InChI=1S/C10H17Cl/c1-9(2)7-4-5-10(9,3)8(11)6-7/h7-8H,4-6H2,1-3H3/t7-,8-,10+/m1/s1. The number of rotatable bonds is 0. The van der Waals surface area contributed by atoms with Gasteiger partial charge in [0.25, 0.3) is 0 Å². The summed E-state index contributed by atoms with van der Waals surface area (Å²) in [4.78, 5) is 0. The van der Waals surface area contributed by atoms with Gasteiger partial charge in [-0.25, -0.2) is 0 Å². The Labute approximate surface area is 74.3 Å². The summed E-state index contributed by atoms with van der Waals surface area (Å²) in [5, 5.41) is 0.441. The second-order valence-corrected chi connectivity index (χ2v) is 5.60. The van der Waals surface area contributed by atoms with Crippen molar-refractivity contribution in [3.05, 3.63) is 0 Å². The largest absolute Gasteiger partial charge is 0.122 e. The molecule has 0 N–H and O–H groups in total. The molecule has 3 atom stereocenters. The van der Waals surface area contributed by atoms with E-state index in [9.17, 15) is 0 Å². The molecule has 0 nitrogen and oxygen atoms in total. The first-order valence-electron chi connectivity index (χ1n) is 4.62. The Bertz CT molecular complexity index is 185. The van der Waals surface area contributed by atoms with E-state index in [1.807, 2.05) is 0 Å². The predicted octanol–water partition coefficient (Wildman–Crippen LogP) is 3.44. The fourth-order valence-corrected chi connectivity index (χ4v) is 3.71. The van der Waals surface area contributed by atoms with Crippen LogP contribution in [0.1, 0.15) is 40.0 Å². The van der Waals surface area contributed by atoms with E-state index in [2.05, 4.69) is 20.8 Å². The zero-order valence-electron chi connectivity index (χ0n) is 7.65. The Morgan fingerprint density at radius 1 is 1.27 bits per heavy atom. The normalized spacial score (nSPS) is 53.5. The van der Waals surface area contributed by atoms with Gasteiger partial charge < -0.3 is 0 Å². The smallest absolute Gasteiger partial charge is 0.0397 e. The molecule has 2 saturated carbocycles. The van der Waals surface area contributed by atoms with Gasteiger partial charge in [0.15, 0.2) is 0 Å². The summed E-state index contributed by atoms with van der Waals surface area (Å²) < 4.78 is 0. The molecule has 2 aliphatic rings. The van der Waals surface area contributed by atoms with Crippen molar-refractivity contribution in [1.82, 2.24) is 0 Å².